The molecule has 0 aliphatic carbocycles. The number of aliphatic imine (C=N–C) groups is 1. The first-order valence-electron chi connectivity index (χ1n) is 10.9. The lowest BCUT2D eigenvalue weighted by Gasteiger charge is -2.37. The van der Waals surface area contributed by atoms with E-state index in [9.17, 15) is 0 Å². The summed E-state index contributed by atoms with van der Waals surface area (Å²) in [5.74, 6) is 1.56. The van der Waals surface area contributed by atoms with Gasteiger partial charge < -0.3 is 15.5 Å². The van der Waals surface area contributed by atoms with E-state index in [1.807, 2.05) is 7.05 Å². The normalized spacial score (nSPS) is 18.9. The molecule has 1 fully saturated rings. The van der Waals surface area contributed by atoms with Crippen LogP contribution in [0.2, 0.25) is 0 Å². The average molecular weight is 388 g/mol. The van der Waals surface area contributed by atoms with Gasteiger partial charge in [0, 0.05) is 45.8 Å². The molecule has 0 bridgehead atoms. The van der Waals surface area contributed by atoms with Crippen LogP contribution < -0.4 is 10.6 Å². The first kappa shape index (κ1) is 22.7. The summed E-state index contributed by atoms with van der Waals surface area (Å²) in [6.07, 6.45) is 1.13. The fourth-order valence-electron chi connectivity index (χ4n) is 3.79. The number of likely N-dealkylation sites (N-methyl/N-ethyl adjacent to an activating group) is 1. The summed E-state index contributed by atoms with van der Waals surface area (Å²) in [5.41, 5.74) is 2.70. The van der Waals surface area contributed by atoms with Crippen molar-refractivity contribution in [2.24, 2.45) is 10.9 Å². The quantitative estimate of drug-likeness (QED) is 0.531. The summed E-state index contributed by atoms with van der Waals surface area (Å²) >= 11 is 0. The molecule has 1 aromatic carbocycles. The van der Waals surface area contributed by atoms with Crippen molar-refractivity contribution in [1.29, 1.82) is 0 Å². The smallest absolute Gasteiger partial charge is 0.191 e. The predicted octanol–water partition coefficient (Wildman–Crippen LogP) is 3.14. The molecule has 1 aliphatic rings. The van der Waals surface area contributed by atoms with Gasteiger partial charge in [0.2, 0.25) is 0 Å². The lowest BCUT2D eigenvalue weighted by atomic mass is 10.00. The second-order valence-electron chi connectivity index (χ2n) is 8.48. The van der Waals surface area contributed by atoms with E-state index in [2.05, 4.69) is 84.3 Å². The van der Waals surface area contributed by atoms with Crippen LogP contribution in [0, 0.1) is 5.92 Å². The maximum Gasteiger partial charge on any atom is 0.191 e. The van der Waals surface area contributed by atoms with Crippen LogP contribution in [0.1, 0.15) is 51.8 Å². The summed E-state index contributed by atoms with van der Waals surface area (Å²) in [6.45, 7) is 18.0. The van der Waals surface area contributed by atoms with E-state index in [0.717, 1.165) is 38.6 Å². The molecule has 2 rings (SSSR count). The number of nitrogens with zero attached hydrogens (tertiary/aromatic N) is 3. The van der Waals surface area contributed by atoms with E-state index >= 15 is 0 Å². The topological polar surface area (TPSA) is 42.9 Å². The van der Waals surface area contributed by atoms with Gasteiger partial charge in [-0.05, 0) is 43.9 Å². The van der Waals surface area contributed by atoms with Crippen LogP contribution in [-0.2, 0) is 6.42 Å². The zero-order chi connectivity index (χ0) is 20.5. The molecule has 1 aromatic rings. The van der Waals surface area contributed by atoms with Crippen LogP contribution in [0.25, 0.3) is 0 Å². The number of hydrogen-bond acceptors (Lipinski definition) is 3. The first-order valence-corrected chi connectivity index (χ1v) is 10.9. The van der Waals surface area contributed by atoms with Gasteiger partial charge >= 0.3 is 0 Å². The Kier molecular flexibility index (Phi) is 9.26. The lowest BCUT2D eigenvalue weighted by Crippen LogP contribution is -2.53. The van der Waals surface area contributed by atoms with Crippen LogP contribution in [0.3, 0.4) is 0 Å². The summed E-state index contributed by atoms with van der Waals surface area (Å²) in [5, 5.41) is 7.04. The van der Waals surface area contributed by atoms with Crippen LogP contribution in [-0.4, -0.2) is 68.1 Å². The largest absolute Gasteiger partial charge is 0.355 e. The Morgan fingerprint density at radius 2 is 1.68 bits per heavy atom. The fourth-order valence-corrected chi connectivity index (χ4v) is 3.79. The number of piperazine rings is 1. The van der Waals surface area contributed by atoms with Crippen molar-refractivity contribution >= 4 is 5.96 Å². The van der Waals surface area contributed by atoms with Crippen molar-refractivity contribution in [3.63, 3.8) is 0 Å². The van der Waals surface area contributed by atoms with Gasteiger partial charge in [-0.15, -0.1) is 0 Å². The van der Waals surface area contributed by atoms with Crippen molar-refractivity contribution in [3.05, 3.63) is 35.4 Å². The number of rotatable bonds is 8. The van der Waals surface area contributed by atoms with Gasteiger partial charge in [0.1, 0.15) is 0 Å². The Hall–Kier alpha value is -1.59. The average Bonchev–Trinajstić information content (AvgIpc) is 2.70. The van der Waals surface area contributed by atoms with Crippen molar-refractivity contribution in [1.82, 2.24) is 20.4 Å². The van der Waals surface area contributed by atoms with E-state index in [-0.39, 0.29) is 6.04 Å². The Labute approximate surface area is 172 Å². The zero-order valence-corrected chi connectivity index (χ0v) is 18.8. The van der Waals surface area contributed by atoms with Crippen LogP contribution in [0.4, 0.5) is 0 Å². The molecule has 0 amide bonds. The molecule has 158 valence electrons. The molecule has 28 heavy (non-hydrogen) atoms. The lowest BCUT2D eigenvalue weighted by molar-refractivity contribution is 0.107. The Morgan fingerprint density at radius 3 is 2.21 bits per heavy atom. The minimum absolute atomic E-state index is 0.225. The number of benzene rings is 1. The maximum atomic E-state index is 4.42. The van der Waals surface area contributed by atoms with E-state index in [1.54, 1.807) is 0 Å². The maximum absolute atomic E-state index is 4.42. The fraction of sp³-hybridized carbons (Fsp3) is 0.696. The second-order valence-corrected chi connectivity index (χ2v) is 8.48. The third kappa shape index (κ3) is 7.10. The van der Waals surface area contributed by atoms with Gasteiger partial charge in [0.15, 0.2) is 5.96 Å². The van der Waals surface area contributed by atoms with Crippen molar-refractivity contribution < 1.29 is 0 Å². The molecular formula is C23H41N5. The monoisotopic (exact) mass is 387 g/mol. The highest BCUT2D eigenvalue weighted by atomic mass is 15.3. The predicted molar refractivity (Wildman–Crippen MR) is 121 cm³/mol. The summed E-state index contributed by atoms with van der Waals surface area (Å²) < 4.78 is 0. The Morgan fingerprint density at radius 1 is 1.04 bits per heavy atom. The molecule has 1 heterocycles. The van der Waals surface area contributed by atoms with E-state index in [1.165, 1.54) is 24.2 Å². The van der Waals surface area contributed by atoms with Crippen molar-refractivity contribution in [2.45, 2.75) is 53.1 Å². The van der Waals surface area contributed by atoms with Gasteiger partial charge in [-0.25, -0.2) is 0 Å². The highest BCUT2D eigenvalue weighted by Crippen LogP contribution is 2.15. The molecule has 2 atom stereocenters. The third-order valence-electron chi connectivity index (χ3n) is 5.74. The number of nitrogens with one attached hydrogen (secondary N) is 2. The third-order valence-corrected chi connectivity index (χ3v) is 5.74. The molecular weight excluding hydrogens is 346 g/mol. The van der Waals surface area contributed by atoms with E-state index in [0.29, 0.717) is 12.0 Å². The zero-order valence-electron chi connectivity index (χ0n) is 18.8. The molecule has 0 radical (unpaired) electrons. The van der Waals surface area contributed by atoms with Crippen LogP contribution in [0.15, 0.2) is 29.3 Å². The van der Waals surface area contributed by atoms with Crippen molar-refractivity contribution in [3.8, 4) is 0 Å². The number of guanidine groups is 1. The second kappa shape index (κ2) is 11.4. The van der Waals surface area contributed by atoms with Gasteiger partial charge in [-0.2, -0.15) is 0 Å². The molecule has 0 aromatic heterocycles. The first-order chi connectivity index (χ1) is 13.4. The van der Waals surface area contributed by atoms with E-state index < -0.39 is 0 Å². The highest BCUT2D eigenvalue weighted by Gasteiger charge is 2.20. The summed E-state index contributed by atoms with van der Waals surface area (Å²) in [4.78, 5) is 9.51. The summed E-state index contributed by atoms with van der Waals surface area (Å²) in [7, 11) is 1.85. The Balaban J connectivity index is 1.80. The molecule has 2 unspecified atom stereocenters. The SMILES string of the molecule is CCN1CCN(C(C)CNC(=NC)NC(C)c2ccc(CC(C)C)cc2)CC1. The molecule has 1 aliphatic heterocycles. The molecule has 2 N–H and O–H groups in total. The minimum atomic E-state index is 0.225. The molecule has 5 heteroatoms. The van der Waals surface area contributed by atoms with Gasteiger partial charge in [-0.1, -0.05) is 45.0 Å². The van der Waals surface area contributed by atoms with E-state index in [4.69, 9.17) is 0 Å². The van der Waals surface area contributed by atoms with Crippen LogP contribution >= 0.6 is 0 Å². The molecule has 5 nitrogen and oxygen atoms in total. The van der Waals surface area contributed by atoms with Crippen molar-refractivity contribution in [2.75, 3.05) is 46.3 Å². The van der Waals surface area contributed by atoms with Gasteiger partial charge in [0.25, 0.3) is 0 Å². The van der Waals surface area contributed by atoms with Gasteiger partial charge in [0.05, 0.1) is 6.04 Å². The molecule has 0 spiro atoms. The standard InChI is InChI=1S/C23H41N5/c1-7-27-12-14-28(15-13-27)19(4)17-25-23(24-6)26-20(5)22-10-8-21(9-11-22)16-18(2)3/h8-11,18-20H,7,12-17H2,1-6H3,(H2,24,25,26). The molecule has 1 saturated heterocycles. The van der Waals surface area contributed by atoms with Crippen LogP contribution in [0.5, 0.6) is 0 Å². The highest BCUT2D eigenvalue weighted by molar-refractivity contribution is 5.80. The molecule has 0 saturated carbocycles. The van der Waals surface area contributed by atoms with Gasteiger partial charge in [-0.3, -0.25) is 9.89 Å². The number of hydrogen-bond donors (Lipinski definition) is 2. The summed E-state index contributed by atoms with van der Waals surface area (Å²) in [6, 6.07) is 9.70. The Bertz CT molecular complexity index is 588. The minimum Gasteiger partial charge on any atom is -0.355 e.